The maximum absolute atomic E-state index is 3.56. The van der Waals surface area contributed by atoms with E-state index in [9.17, 15) is 0 Å². The van der Waals surface area contributed by atoms with Crippen molar-refractivity contribution in [2.75, 3.05) is 20.6 Å². The molecule has 0 fully saturated rings. The zero-order valence-corrected chi connectivity index (χ0v) is 9.08. The SMILES string of the molecule is C=CCN(C)C.CCCC.Cl. The van der Waals surface area contributed by atoms with Gasteiger partial charge in [0.15, 0.2) is 0 Å². The van der Waals surface area contributed by atoms with Gasteiger partial charge in [0.05, 0.1) is 0 Å². The van der Waals surface area contributed by atoms with E-state index in [2.05, 4.69) is 25.3 Å². The van der Waals surface area contributed by atoms with Gasteiger partial charge in [-0.3, -0.25) is 0 Å². The standard InChI is InChI=1S/C5H11N.C4H10.ClH/c1-4-5-6(2)3;1-3-4-2;/h4H,1,5H2,2-3H3;3-4H2,1-2H3;1H. The molecule has 0 aliphatic rings. The third-order valence-electron chi connectivity index (χ3n) is 0.994. The van der Waals surface area contributed by atoms with Crippen molar-refractivity contribution in [1.82, 2.24) is 4.90 Å². The fraction of sp³-hybridized carbons (Fsp3) is 0.778. The molecule has 0 N–H and O–H groups in total. The third kappa shape index (κ3) is 40.1. The van der Waals surface area contributed by atoms with E-state index in [-0.39, 0.29) is 12.4 Å². The lowest BCUT2D eigenvalue weighted by Crippen LogP contribution is -2.09. The summed E-state index contributed by atoms with van der Waals surface area (Å²) in [6.07, 6.45) is 4.51. The predicted molar refractivity (Wildman–Crippen MR) is 56.6 cm³/mol. The fourth-order valence-electron chi connectivity index (χ4n) is 0.258. The second-order valence-electron chi connectivity index (χ2n) is 2.55. The van der Waals surface area contributed by atoms with E-state index in [1.807, 2.05) is 20.2 Å². The predicted octanol–water partition coefficient (Wildman–Crippen LogP) is 2.96. The second kappa shape index (κ2) is 16.5. The number of hydrogen-bond acceptors (Lipinski definition) is 1. The van der Waals surface area contributed by atoms with E-state index >= 15 is 0 Å². The third-order valence-corrected chi connectivity index (χ3v) is 0.994. The van der Waals surface area contributed by atoms with Gasteiger partial charge in [0.1, 0.15) is 0 Å². The Morgan fingerprint density at radius 2 is 1.55 bits per heavy atom. The molecule has 11 heavy (non-hydrogen) atoms. The number of halogens is 1. The molecular formula is C9H22ClN. The Balaban J connectivity index is -0.000000114. The lowest BCUT2D eigenvalue weighted by Gasteiger charge is -2.01. The van der Waals surface area contributed by atoms with Crippen LogP contribution in [0.1, 0.15) is 26.7 Å². The molecule has 0 saturated heterocycles. The van der Waals surface area contributed by atoms with Crippen LogP contribution >= 0.6 is 12.4 Å². The van der Waals surface area contributed by atoms with Crippen molar-refractivity contribution in [3.8, 4) is 0 Å². The molecule has 0 aromatic rings. The Morgan fingerprint density at radius 1 is 1.18 bits per heavy atom. The molecule has 0 rings (SSSR count). The number of unbranched alkanes of at least 4 members (excludes halogenated alkanes) is 1. The van der Waals surface area contributed by atoms with Crippen molar-refractivity contribution < 1.29 is 0 Å². The van der Waals surface area contributed by atoms with Crippen LogP contribution in [-0.4, -0.2) is 25.5 Å². The zero-order chi connectivity index (χ0) is 8.41. The Labute approximate surface area is 77.9 Å². The van der Waals surface area contributed by atoms with Crippen LogP contribution in [0.15, 0.2) is 12.7 Å². The van der Waals surface area contributed by atoms with Gasteiger partial charge < -0.3 is 4.90 Å². The summed E-state index contributed by atoms with van der Waals surface area (Å²) in [5, 5.41) is 0. The van der Waals surface area contributed by atoms with Crippen molar-refractivity contribution in [2.45, 2.75) is 26.7 Å². The molecular weight excluding hydrogens is 158 g/mol. The van der Waals surface area contributed by atoms with Gasteiger partial charge in [0, 0.05) is 6.54 Å². The molecule has 0 aliphatic carbocycles. The van der Waals surface area contributed by atoms with Gasteiger partial charge >= 0.3 is 0 Å². The summed E-state index contributed by atoms with van der Waals surface area (Å²) in [4.78, 5) is 2.06. The summed E-state index contributed by atoms with van der Waals surface area (Å²) < 4.78 is 0. The Bertz CT molecular complexity index is 60.6. The molecule has 0 heterocycles. The molecule has 0 radical (unpaired) electrons. The lowest BCUT2D eigenvalue weighted by molar-refractivity contribution is 0.457. The second-order valence-corrected chi connectivity index (χ2v) is 2.55. The number of hydrogen-bond donors (Lipinski definition) is 0. The van der Waals surface area contributed by atoms with Crippen molar-refractivity contribution in [3.63, 3.8) is 0 Å². The molecule has 2 heteroatoms. The molecule has 0 aliphatic heterocycles. The van der Waals surface area contributed by atoms with Crippen LogP contribution < -0.4 is 0 Å². The van der Waals surface area contributed by atoms with E-state index in [0.29, 0.717) is 0 Å². The molecule has 0 amide bonds. The lowest BCUT2D eigenvalue weighted by atomic mass is 10.4. The van der Waals surface area contributed by atoms with E-state index in [4.69, 9.17) is 0 Å². The Morgan fingerprint density at radius 3 is 1.55 bits per heavy atom. The van der Waals surface area contributed by atoms with Gasteiger partial charge in [0.25, 0.3) is 0 Å². The first kappa shape index (κ1) is 17.2. The summed E-state index contributed by atoms with van der Waals surface area (Å²) in [7, 11) is 4.03. The molecule has 0 bridgehead atoms. The molecule has 1 nitrogen and oxygen atoms in total. The Hall–Kier alpha value is -0.0100. The number of likely N-dealkylation sites (N-methyl/N-ethyl adjacent to an activating group) is 1. The van der Waals surface area contributed by atoms with Crippen molar-refractivity contribution >= 4 is 12.4 Å². The summed E-state index contributed by atoms with van der Waals surface area (Å²) >= 11 is 0. The molecule has 0 aromatic carbocycles. The highest BCUT2D eigenvalue weighted by Crippen LogP contribution is 1.76. The first-order valence-corrected chi connectivity index (χ1v) is 3.94. The van der Waals surface area contributed by atoms with Gasteiger partial charge in [-0.1, -0.05) is 32.8 Å². The van der Waals surface area contributed by atoms with E-state index < -0.39 is 0 Å². The van der Waals surface area contributed by atoms with Gasteiger partial charge in [0.2, 0.25) is 0 Å². The zero-order valence-electron chi connectivity index (χ0n) is 8.26. The molecule has 70 valence electrons. The average molecular weight is 180 g/mol. The highest BCUT2D eigenvalue weighted by molar-refractivity contribution is 5.85. The monoisotopic (exact) mass is 179 g/mol. The minimum absolute atomic E-state index is 0. The topological polar surface area (TPSA) is 3.24 Å². The van der Waals surface area contributed by atoms with Crippen LogP contribution in [0.3, 0.4) is 0 Å². The highest BCUT2D eigenvalue weighted by atomic mass is 35.5. The van der Waals surface area contributed by atoms with Gasteiger partial charge in [-0.15, -0.1) is 19.0 Å². The van der Waals surface area contributed by atoms with Gasteiger partial charge in [-0.05, 0) is 14.1 Å². The quantitative estimate of drug-likeness (QED) is 0.603. The van der Waals surface area contributed by atoms with Crippen LogP contribution in [0.5, 0.6) is 0 Å². The van der Waals surface area contributed by atoms with Crippen LogP contribution in [0, 0.1) is 0 Å². The van der Waals surface area contributed by atoms with Crippen molar-refractivity contribution in [1.29, 1.82) is 0 Å². The summed E-state index contributed by atoms with van der Waals surface area (Å²) in [6, 6.07) is 0. The summed E-state index contributed by atoms with van der Waals surface area (Å²) in [5.41, 5.74) is 0. The van der Waals surface area contributed by atoms with Crippen LogP contribution in [0.25, 0.3) is 0 Å². The molecule has 0 saturated carbocycles. The fourth-order valence-corrected chi connectivity index (χ4v) is 0.258. The average Bonchev–Trinajstić information content (AvgIpc) is 1.89. The minimum atomic E-state index is 0. The first-order valence-electron chi connectivity index (χ1n) is 3.94. The van der Waals surface area contributed by atoms with Crippen LogP contribution in [-0.2, 0) is 0 Å². The molecule has 0 aromatic heterocycles. The normalized spacial score (nSPS) is 7.73. The molecule has 0 unspecified atom stereocenters. The number of rotatable bonds is 3. The first-order chi connectivity index (χ1) is 4.68. The highest BCUT2D eigenvalue weighted by Gasteiger charge is 1.75. The maximum atomic E-state index is 3.56. The van der Waals surface area contributed by atoms with E-state index in [0.717, 1.165) is 6.54 Å². The number of nitrogens with zero attached hydrogens (tertiary/aromatic N) is 1. The smallest absolute Gasteiger partial charge is 0.0154 e. The molecule has 0 atom stereocenters. The maximum Gasteiger partial charge on any atom is 0.0154 e. The van der Waals surface area contributed by atoms with Crippen LogP contribution in [0.4, 0.5) is 0 Å². The van der Waals surface area contributed by atoms with Crippen molar-refractivity contribution in [3.05, 3.63) is 12.7 Å². The summed E-state index contributed by atoms with van der Waals surface area (Å²) in [6.45, 7) is 8.89. The largest absolute Gasteiger partial charge is 0.306 e. The van der Waals surface area contributed by atoms with Gasteiger partial charge in [-0.25, -0.2) is 0 Å². The van der Waals surface area contributed by atoms with Crippen molar-refractivity contribution in [2.24, 2.45) is 0 Å². The van der Waals surface area contributed by atoms with Crippen LogP contribution in [0.2, 0.25) is 0 Å². The van der Waals surface area contributed by atoms with E-state index in [1.165, 1.54) is 12.8 Å². The van der Waals surface area contributed by atoms with E-state index in [1.54, 1.807) is 0 Å². The molecule has 0 spiro atoms. The minimum Gasteiger partial charge on any atom is -0.306 e. The van der Waals surface area contributed by atoms with Gasteiger partial charge in [-0.2, -0.15) is 0 Å². The Kier molecular flexibility index (Phi) is 25.8. The summed E-state index contributed by atoms with van der Waals surface area (Å²) in [5.74, 6) is 0.